The first-order chi connectivity index (χ1) is 14.8. The smallest absolute Gasteiger partial charge is 0.238 e. The van der Waals surface area contributed by atoms with Gasteiger partial charge in [0.2, 0.25) is 11.8 Å². The number of carbonyl (C=O) groups is 2. The third-order valence-corrected chi connectivity index (χ3v) is 6.30. The summed E-state index contributed by atoms with van der Waals surface area (Å²) in [5, 5.41) is 6.08. The number of benzene rings is 1. The molecule has 1 aliphatic carbocycles. The van der Waals surface area contributed by atoms with E-state index in [1.54, 1.807) is 30.1 Å². The maximum Gasteiger partial charge on any atom is 0.238 e. The Balaban J connectivity index is 1.90. The summed E-state index contributed by atoms with van der Waals surface area (Å²) in [6.07, 6.45) is 3.39. The van der Waals surface area contributed by atoms with E-state index in [9.17, 15) is 9.59 Å². The van der Waals surface area contributed by atoms with Crippen LogP contribution in [0.15, 0.2) is 18.2 Å². The first-order valence-electron chi connectivity index (χ1n) is 11.5. The lowest BCUT2D eigenvalue weighted by molar-refractivity contribution is -0.127. The molecule has 0 aliphatic heterocycles. The quantitative estimate of drug-likeness (QED) is 0.588. The molecule has 2 rings (SSSR count). The maximum absolute atomic E-state index is 12.7. The van der Waals surface area contributed by atoms with Crippen LogP contribution in [0.4, 0.5) is 5.69 Å². The molecule has 0 unspecified atom stereocenters. The highest BCUT2D eigenvalue weighted by molar-refractivity contribution is 5.93. The molecule has 1 saturated carbocycles. The molecule has 1 aromatic carbocycles. The minimum absolute atomic E-state index is 0.0269. The highest BCUT2D eigenvalue weighted by Crippen LogP contribution is 2.31. The van der Waals surface area contributed by atoms with Gasteiger partial charge in [0.1, 0.15) is 0 Å². The largest absolute Gasteiger partial charge is 0.490 e. The van der Waals surface area contributed by atoms with Crippen molar-refractivity contribution in [2.45, 2.75) is 66.0 Å². The molecule has 7 heteroatoms. The lowest BCUT2D eigenvalue weighted by atomic mass is 9.78. The molecule has 0 bridgehead atoms. The molecule has 0 aromatic heterocycles. The first-order valence-corrected chi connectivity index (χ1v) is 11.5. The van der Waals surface area contributed by atoms with Gasteiger partial charge in [0.25, 0.3) is 0 Å². The van der Waals surface area contributed by atoms with Crippen molar-refractivity contribution in [2.24, 2.45) is 11.8 Å². The number of amides is 2. The zero-order valence-electron chi connectivity index (χ0n) is 19.9. The van der Waals surface area contributed by atoms with Crippen LogP contribution in [0.5, 0.6) is 11.5 Å². The Morgan fingerprint density at radius 3 is 2.48 bits per heavy atom. The first kappa shape index (κ1) is 25.0. The second kappa shape index (κ2) is 11.9. The Morgan fingerprint density at radius 1 is 1.13 bits per heavy atom. The van der Waals surface area contributed by atoms with Crippen molar-refractivity contribution >= 4 is 17.5 Å². The molecule has 1 aromatic rings. The molecular weight excluding hydrogens is 394 g/mol. The number of hydrogen-bond donors (Lipinski definition) is 2. The van der Waals surface area contributed by atoms with Crippen LogP contribution in [-0.4, -0.2) is 55.6 Å². The van der Waals surface area contributed by atoms with Gasteiger partial charge in [-0.3, -0.25) is 14.5 Å². The van der Waals surface area contributed by atoms with E-state index in [4.69, 9.17) is 9.47 Å². The number of ether oxygens (including phenoxy) is 2. The van der Waals surface area contributed by atoms with Crippen LogP contribution in [0.2, 0.25) is 0 Å². The third kappa shape index (κ3) is 7.13. The van der Waals surface area contributed by atoms with E-state index in [1.807, 2.05) is 20.8 Å². The highest BCUT2D eigenvalue weighted by Gasteiger charge is 2.30. The molecule has 0 saturated heterocycles. The lowest BCUT2D eigenvalue weighted by Gasteiger charge is -2.36. The van der Waals surface area contributed by atoms with E-state index in [0.29, 0.717) is 42.2 Å². The van der Waals surface area contributed by atoms with Crippen LogP contribution in [-0.2, 0) is 9.59 Å². The monoisotopic (exact) mass is 433 g/mol. The summed E-state index contributed by atoms with van der Waals surface area (Å²) in [7, 11) is 1.79. The average molecular weight is 434 g/mol. The number of rotatable bonds is 10. The van der Waals surface area contributed by atoms with Gasteiger partial charge in [-0.15, -0.1) is 0 Å². The molecule has 31 heavy (non-hydrogen) atoms. The summed E-state index contributed by atoms with van der Waals surface area (Å²) < 4.78 is 11.2. The summed E-state index contributed by atoms with van der Waals surface area (Å²) in [6.45, 7) is 11.3. The van der Waals surface area contributed by atoms with E-state index in [1.165, 1.54) is 6.42 Å². The van der Waals surface area contributed by atoms with Gasteiger partial charge in [-0.1, -0.05) is 26.7 Å². The van der Waals surface area contributed by atoms with Gasteiger partial charge < -0.3 is 20.1 Å². The minimum atomic E-state index is -0.394. The Bertz CT molecular complexity index is 740. The zero-order valence-corrected chi connectivity index (χ0v) is 19.9. The van der Waals surface area contributed by atoms with E-state index in [2.05, 4.69) is 24.5 Å². The average Bonchev–Trinajstić information content (AvgIpc) is 2.72. The normalized spacial score (nSPS) is 22.0. The van der Waals surface area contributed by atoms with Gasteiger partial charge in [-0.25, -0.2) is 0 Å². The van der Waals surface area contributed by atoms with Crippen molar-refractivity contribution in [2.75, 3.05) is 32.1 Å². The minimum Gasteiger partial charge on any atom is -0.490 e. The number of hydrogen-bond acceptors (Lipinski definition) is 5. The number of likely N-dealkylation sites (N-methyl/N-ethyl adjacent to an activating group) is 1. The molecule has 7 nitrogen and oxygen atoms in total. The Morgan fingerprint density at radius 2 is 1.81 bits per heavy atom. The second-order valence-electron chi connectivity index (χ2n) is 8.55. The van der Waals surface area contributed by atoms with Crippen molar-refractivity contribution in [3.05, 3.63) is 18.2 Å². The van der Waals surface area contributed by atoms with Crippen LogP contribution in [0.25, 0.3) is 0 Å². The molecule has 0 spiro atoms. The molecule has 0 heterocycles. The van der Waals surface area contributed by atoms with E-state index in [0.717, 1.165) is 12.8 Å². The van der Waals surface area contributed by atoms with Crippen LogP contribution >= 0.6 is 0 Å². The predicted octanol–water partition coefficient (Wildman–Crippen LogP) is 3.68. The molecule has 1 aliphatic rings. The van der Waals surface area contributed by atoms with Crippen LogP contribution in [0.1, 0.15) is 53.9 Å². The van der Waals surface area contributed by atoms with Gasteiger partial charge >= 0.3 is 0 Å². The summed E-state index contributed by atoms with van der Waals surface area (Å²) in [4.78, 5) is 27.1. The Kier molecular flexibility index (Phi) is 9.62. The highest BCUT2D eigenvalue weighted by atomic mass is 16.5. The van der Waals surface area contributed by atoms with E-state index in [-0.39, 0.29) is 24.4 Å². The number of carbonyl (C=O) groups excluding carboxylic acids is 2. The van der Waals surface area contributed by atoms with Crippen molar-refractivity contribution < 1.29 is 19.1 Å². The lowest BCUT2D eigenvalue weighted by Crippen LogP contribution is -2.51. The molecule has 4 atom stereocenters. The number of nitrogens with zero attached hydrogens (tertiary/aromatic N) is 1. The standard InChI is InChI=1S/C24H39N3O4/c1-7-30-21-13-12-19(14-22(21)31-8-2)25-23(28)15-27(6)18(5)24(29)26-20-11-9-10-16(3)17(20)4/h12-14,16-18,20H,7-11,15H2,1-6H3,(H,25,28)(H,26,29)/t16-,17-,18-,20+/m0/s1. The zero-order chi connectivity index (χ0) is 23.0. The van der Waals surface area contributed by atoms with Crippen molar-refractivity contribution in [3.8, 4) is 11.5 Å². The van der Waals surface area contributed by atoms with Crippen LogP contribution < -0.4 is 20.1 Å². The summed E-state index contributed by atoms with van der Waals surface area (Å²) in [5.74, 6) is 2.12. The second-order valence-corrected chi connectivity index (χ2v) is 8.55. The van der Waals surface area contributed by atoms with Gasteiger partial charge in [-0.2, -0.15) is 0 Å². The fourth-order valence-corrected chi connectivity index (χ4v) is 3.98. The number of anilines is 1. The third-order valence-electron chi connectivity index (χ3n) is 6.30. The Hall–Kier alpha value is -2.28. The molecule has 0 radical (unpaired) electrons. The number of nitrogens with one attached hydrogen (secondary N) is 2. The summed E-state index contributed by atoms with van der Waals surface area (Å²) in [5.41, 5.74) is 0.632. The predicted molar refractivity (Wildman–Crippen MR) is 124 cm³/mol. The van der Waals surface area contributed by atoms with E-state index < -0.39 is 6.04 Å². The Labute approximate surface area is 186 Å². The summed E-state index contributed by atoms with van der Waals surface area (Å²) >= 11 is 0. The van der Waals surface area contributed by atoms with E-state index >= 15 is 0 Å². The van der Waals surface area contributed by atoms with Crippen LogP contribution in [0, 0.1) is 11.8 Å². The van der Waals surface area contributed by atoms with Crippen molar-refractivity contribution in [3.63, 3.8) is 0 Å². The maximum atomic E-state index is 12.7. The fourth-order valence-electron chi connectivity index (χ4n) is 3.98. The van der Waals surface area contributed by atoms with Gasteiger partial charge in [-0.05, 0) is 58.2 Å². The van der Waals surface area contributed by atoms with Gasteiger partial charge in [0.05, 0.1) is 25.8 Å². The molecule has 2 amide bonds. The van der Waals surface area contributed by atoms with Crippen molar-refractivity contribution in [1.29, 1.82) is 0 Å². The molecule has 174 valence electrons. The van der Waals surface area contributed by atoms with Crippen LogP contribution in [0.3, 0.4) is 0 Å². The SMILES string of the molecule is CCOc1ccc(NC(=O)CN(C)[C@@H](C)C(=O)N[C@@H]2CCC[C@H](C)[C@@H]2C)cc1OCC. The van der Waals surface area contributed by atoms with Gasteiger partial charge in [0, 0.05) is 17.8 Å². The molecular formula is C24H39N3O4. The summed E-state index contributed by atoms with van der Waals surface area (Å²) in [6, 6.07) is 5.15. The topological polar surface area (TPSA) is 79.9 Å². The van der Waals surface area contributed by atoms with Crippen molar-refractivity contribution in [1.82, 2.24) is 10.2 Å². The molecule has 2 N–H and O–H groups in total. The molecule has 1 fully saturated rings. The van der Waals surface area contributed by atoms with Gasteiger partial charge in [0.15, 0.2) is 11.5 Å². The fraction of sp³-hybridized carbons (Fsp3) is 0.667.